The van der Waals surface area contributed by atoms with Crippen LogP contribution in [0.5, 0.6) is 0 Å². The monoisotopic (exact) mass is 625 g/mol. The summed E-state index contributed by atoms with van der Waals surface area (Å²) < 4.78 is 29.6. The standard InChI is InChI=1S/C31H36BrN3O4S/c1-23-15-17-29(18-16-23)40(38,39)35(28-14-8-11-26(32)21-28)22-30(36)34(20-19-25-9-4-3-5-10-25)24(2)31(37)33-27-12-6-7-13-27/h3-5,8-11,14-18,21,24,27H,6-7,12-13,19-20,22H2,1-2H3,(H,33,37)/t24-/m1/s1. The van der Waals surface area contributed by atoms with E-state index < -0.39 is 28.5 Å². The summed E-state index contributed by atoms with van der Waals surface area (Å²) in [4.78, 5) is 28.8. The van der Waals surface area contributed by atoms with Gasteiger partial charge in [-0.25, -0.2) is 8.42 Å². The van der Waals surface area contributed by atoms with Crippen molar-refractivity contribution in [2.45, 2.75) is 62.9 Å². The van der Waals surface area contributed by atoms with E-state index in [0.717, 1.165) is 41.1 Å². The van der Waals surface area contributed by atoms with Crippen molar-refractivity contribution >= 4 is 43.5 Å². The largest absolute Gasteiger partial charge is 0.352 e. The number of hydrogen-bond donors (Lipinski definition) is 1. The number of nitrogens with one attached hydrogen (secondary N) is 1. The zero-order chi connectivity index (χ0) is 28.7. The van der Waals surface area contributed by atoms with Crippen molar-refractivity contribution in [3.8, 4) is 0 Å². The van der Waals surface area contributed by atoms with Gasteiger partial charge in [-0.3, -0.25) is 13.9 Å². The molecule has 40 heavy (non-hydrogen) atoms. The van der Waals surface area contributed by atoms with E-state index in [1.165, 1.54) is 4.90 Å². The molecular formula is C31H36BrN3O4S. The molecule has 0 spiro atoms. The number of benzene rings is 3. The van der Waals surface area contributed by atoms with Crippen molar-refractivity contribution in [3.05, 3.63) is 94.5 Å². The van der Waals surface area contributed by atoms with Crippen LogP contribution < -0.4 is 9.62 Å². The van der Waals surface area contributed by atoms with Crippen LogP contribution >= 0.6 is 15.9 Å². The van der Waals surface area contributed by atoms with Crippen LogP contribution in [0.1, 0.15) is 43.7 Å². The minimum absolute atomic E-state index is 0.0914. The predicted molar refractivity (Wildman–Crippen MR) is 162 cm³/mol. The number of carbonyl (C=O) groups excluding carboxylic acids is 2. The predicted octanol–water partition coefficient (Wildman–Crippen LogP) is 5.47. The zero-order valence-electron chi connectivity index (χ0n) is 22.9. The maximum Gasteiger partial charge on any atom is 0.264 e. The summed E-state index contributed by atoms with van der Waals surface area (Å²) in [5, 5.41) is 3.10. The molecule has 1 N–H and O–H groups in total. The molecule has 1 atom stereocenters. The van der Waals surface area contributed by atoms with Crippen LogP contribution in [0.2, 0.25) is 0 Å². The van der Waals surface area contributed by atoms with Gasteiger partial charge in [0.25, 0.3) is 10.0 Å². The SMILES string of the molecule is Cc1ccc(S(=O)(=O)N(CC(=O)N(CCc2ccccc2)[C@H](C)C(=O)NC2CCCC2)c2cccc(Br)c2)cc1. The molecule has 0 aliphatic heterocycles. The van der Waals surface area contributed by atoms with Gasteiger partial charge >= 0.3 is 0 Å². The van der Waals surface area contributed by atoms with Crippen LogP contribution in [0.3, 0.4) is 0 Å². The third-order valence-corrected chi connectivity index (χ3v) is 9.62. The Hall–Kier alpha value is -3.17. The van der Waals surface area contributed by atoms with E-state index in [1.807, 2.05) is 37.3 Å². The minimum Gasteiger partial charge on any atom is -0.352 e. The molecule has 1 saturated carbocycles. The average Bonchev–Trinajstić information content (AvgIpc) is 3.45. The van der Waals surface area contributed by atoms with Gasteiger partial charge in [-0.15, -0.1) is 0 Å². The molecule has 0 aromatic heterocycles. The Morgan fingerprint density at radius 3 is 2.30 bits per heavy atom. The van der Waals surface area contributed by atoms with Gasteiger partial charge in [0, 0.05) is 17.1 Å². The fourth-order valence-corrected chi connectivity index (χ4v) is 6.75. The van der Waals surface area contributed by atoms with Crippen molar-refractivity contribution in [1.82, 2.24) is 10.2 Å². The lowest BCUT2D eigenvalue weighted by Gasteiger charge is -2.32. The highest BCUT2D eigenvalue weighted by atomic mass is 79.9. The Morgan fingerprint density at radius 1 is 0.975 bits per heavy atom. The molecule has 0 radical (unpaired) electrons. The molecule has 0 heterocycles. The highest BCUT2D eigenvalue weighted by Crippen LogP contribution is 2.27. The first-order valence-electron chi connectivity index (χ1n) is 13.6. The molecule has 1 aliphatic rings. The third-order valence-electron chi connectivity index (χ3n) is 7.34. The van der Waals surface area contributed by atoms with E-state index in [9.17, 15) is 18.0 Å². The van der Waals surface area contributed by atoms with Gasteiger partial charge in [-0.05, 0) is 69.0 Å². The van der Waals surface area contributed by atoms with E-state index in [2.05, 4.69) is 21.2 Å². The summed E-state index contributed by atoms with van der Waals surface area (Å²) in [5.41, 5.74) is 2.31. The molecule has 7 nitrogen and oxygen atoms in total. The van der Waals surface area contributed by atoms with Crippen LogP contribution in [0, 0.1) is 6.92 Å². The van der Waals surface area contributed by atoms with Crippen LogP contribution in [0.25, 0.3) is 0 Å². The highest BCUT2D eigenvalue weighted by Gasteiger charge is 2.33. The molecule has 212 valence electrons. The average molecular weight is 627 g/mol. The Morgan fingerprint density at radius 2 is 1.65 bits per heavy atom. The first-order chi connectivity index (χ1) is 19.1. The summed E-state index contributed by atoms with van der Waals surface area (Å²) in [6.45, 7) is 3.43. The Labute approximate surface area is 245 Å². The van der Waals surface area contributed by atoms with Gasteiger partial charge in [-0.1, -0.05) is 82.9 Å². The molecule has 0 bridgehead atoms. The number of halogens is 1. The smallest absolute Gasteiger partial charge is 0.264 e. The lowest BCUT2D eigenvalue weighted by molar-refractivity contribution is -0.139. The maximum atomic E-state index is 14.0. The van der Waals surface area contributed by atoms with Gasteiger partial charge in [0.05, 0.1) is 10.6 Å². The topological polar surface area (TPSA) is 86.8 Å². The quantitative estimate of drug-likeness (QED) is 0.306. The van der Waals surface area contributed by atoms with Crippen LogP contribution in [-0.4, -0.2) is 50.3 Å². The molecule has 1 aliphatic carbocycles. The second-order valence-corrected chi connectivity index (χ2v) is 13.1. The summed E-state index contributed by atoms with van der Waals surface area (Å²) >= 11 is 3.42. The normalized spacial score (nSPS) is 14.5. The zero-order valence-corrected chi connectivity index (χ0v) is 25.3. The van der Waals surface area contributed by atoms with E-state index >= 15 is 0 Å². The number of aryl methyl sites for hydroxylation is 1. The van der Waals surface area contributed by atoms with E-state index in [0.29, 0.717) is 16.6 Å². The molecule has 4 rings (SSSR count). The second-order valence-electron chi connectivity index (χ2n) is 10.3. The Balaban J connectivity index is 1.64. The van der Waals surface area contributed by atoms with E-state index in [1.54, 1.807) is 55.5 Å². The van der Waals surface area contributed by atoms with Crippen molar-refractivity contribution < 1.29 is 18.0 Å². The van der Waals surface area contributed by atoms with Crippen molar-refractivity contribution in [1.29, 1.82) is 0 Å². The number of amides is 2. The minimum atomic E-state index is -4.08. The number of sulfonamides is 1. The first-order valence-corrected chi connectivity index (χ1v) is 15.9. The molecule has 1 fully saturated rings. The molecule has 0 unspecified atom stereocenters. The summed E-state index contributed by atoms with van der Waals surface area (Å²) in [5.74, 6) is -0.663. The van der Waals surface area contributed by atoms with Crippen molar-refractivity contribution in [3.63, 3.8) is 0 Å². The summed E-state index contributed by atoms with van der Waals surface area (Å²) in [7, 11) is -4.08. The number of anilines is 1. The number of hydrogen-bond acceptors (Lipinski definition) is 4. The van der Waals surface area contributed by atoms with Crippen LogP contribution in [0.15, 0.2) is 88.2 Å². The van der Waals surface area contributed by atoms with Crippen LogP contribution in [-0.2, 0) is 26.0 Å². The number of nitrogens with zero attached hydrogens (tertiary/aromatic N) is 2. The van der Waals surface area contributed by atoms with E-state index in [4.69, 9.17) is 0 Å². The lowest BCUT2D eigenvalue weighted by Crippen LogP contribution is -2.53. The molecule has 9 heteroatoms. The van der Waals surface area contributed by atoms with Crippen LogP contribution in [0.4, 0.5) is 5.69 Å². The van der Waals surface area contributed by atoms with Gasteiger partial charge in [0.2, 0.25) is 11.8 Å². The second kappa shape index (κ2) is 13.5. The fraction of sp³-hybridized carbons (Fsp3) is 0.355. The molecule has 3 aromatic carbocycles. The van der Waals surface area contributed by atoms with Gasteiger partial charge in [-0.2, -0.15) is 0 Å². The fourth-order valence-electron chi connectivity index (χ4n) is 4.96. The number of carbonyl (C=O) groups is 2. The van der Waals surface area contributed by atoms with Crippen molar-refractivity contribution in [2.75, 3.05) is 17.4 Å². The lowest BCUT2D eigenvalue weighted by atomic mass is 10.1. The molecule has 3 aromatic rings. The summed E-state index contributed by atoms with van der Waals surface area (Å²) in [6.07, 6.45) is 4.56. The maximum absolute atomic E-state index is 14.0. The highest BCUT2D eigenvalue weighted by molar-refractivity contribution is 9.10. The molecular weight excluding hydrogens is 590 g/mol. The molecule has 0 saturated heterocycles. The number of rotatable bonds is 11. The molecule has 2 amide bonds. The van der Waals surface area contributed by atoms with E-state index in [-0.39, 0.29) is 23.4 Å². The van der Waals surface area contributed by atoms with Gasteiger partial charge in [0.1, 0.15) is 12.6 Å². The Bertz CT molecular complexity index is 1410. The van der Waals surface area contributed by atoms with Crippen molar-refractivity contribution in [2.24, 2.45) is 0 Å². The Kier molecular flexibility index (Phi) is 10.0. The summed E-state index contributed by atoms with van der Waals surface area (Å²) in [6, 6.07) is 22.5. The van der Waals surface area contributed by atoms with Gasteiger partial charge in [0.15, 0.2) is 0 Å². The first kappa shape index (κ1) is 29.8. The third kappa shape index (κ3) is 7.52. The van der Waals surface area contributed by atoms with Gasteiger partial charge < -0.3 is 10.2 Å².